The Balaban J connectivity index is 0.983. The molecule has 2 nitrogen and oxygen atoms in total. The van der Waals surface area contributed by atoms with Gasteiger partial charge in [0, 0.05) is 33.4 Å². The van der Waals surface area contributed by atoms with Gasteiger partial charge in [-0.2, -0.15) is 0 Å². The number of fused-ring (bicyclic) bond motifs is 6. The lowest BCUT2D eigenvalue weighted by atomic mass is 9.67. The summed E-state index contributed by atoms with van der Waals surface area (Å²) in [6, 6.07) is 89.8. The highest BCUT2D eigenvalue weighted by molar-refractivity contribution is 6.17. The Labute approximate surface area is 367 Å². The van der Waals surface area contributed by atoms with Gasteiger partial charge in [-0.3, -0.25) is 0 Å². The second-order valence-electron chi connectivity index (χ2n) is 16.3. The zero-order chi connectivity index (χ0) is 41.7. The van der Waals surface area contributed by atoms with Crippen molar-refractivity contribution in [1.82, 2.24) is 0 Å². The van der Waals surface area contributed by atoms with Crippen molar-refractivity contribution >= 4 is 39.0 Å². The van der Waals surface area contributed by atoms with Crippen LogP contribution in [0.3, 0.4) is 0 Å². The molecule has 1 aliphatic rings. The van der Waals surface area contributed by atoms with E-state index < -0.39 is 5.41 Å². The van der Waals surface area contributed by atoms with Crippen molar-refractivity contribution in [3.05, 3.63) is 271 Å². The first-order valence-electron chi connectivity index (χ1n) is 21.7. The summed E-state index contributed by atoms with van der Waals surface area (Å²) in [5, 5.41) is 2.23. The van der Waals surface area contributed by atoms with E-state index in [-0.39, 0.29) is 0 Å². The Morgan fingerprint density at radius 2 is 0.794 bits per heavy atom. The van der Waals surface area contributed by atoms with Crippen molar-refractivity contribution in [2.75, 3.05) is 4.90 Å². The lowest BCUT2D eigenvalue weighted by Gasteiger charge is -2.34. The Bertz CT molecular complexity index is 3370. The van der Waals surface area contributed by atoms with Gasteiger partial charge in [-0.25, -0.2) is 0 Å². The Morgan fingerprint density at radius 3 is 1.48 bits per heavy atom. The van der Waals surface area contributed by atoms with Gasteiger partial charge in [0.2, 0.25) is 0 Å². The number of para-hydroxylation sites is 2. The normalized spacial score (nSPS) is 12.6. The first-order chi connectivity index (χ1) is 31.3. The number of hydrogen-bond donors (Lipinski definition) is 0. The summed E-state index contributed by atoms with van der Waals surface area (Å²) in [7, 11) is 0. The molecule has 0 atom stereocenters. The molecule has 1 aliphatic carbocycles. The van der Waals surface area contributed by atoms with Crippen LogP contribution < -0.4 is 4.90 Å². The number of furan rings is 1. The van der Waals surface area contributed by atoms with Crippen LogP contribution in [0.25, 0.3) is 66.4 Å². The number of nitrogens with zero attached hydrogens (tertiary/aromatic N) is 1. The molecule has 0 radical (unpaired) electrons. The van der Waals surface area contributed by atoms with Crippen molar-refractivity contribution in [1.29, 1.82) is 0 Å². The fourth-order valence-electron chi connectivity index (χ4n) is 10.3. The minimum absolute atomic E-state index is 0.474. The summed E-state index contributed by atoms with van der Waals surface area (Å²) in [5.41, 5.74) is 19.1. The maximum Gasteiger partial charge on any atom is 0.143 e. The summed E-state index contributed by atoms with van der Waals surface area (Å²) >= 11 is 0. The monoisotopic (exact) mass is 803 g/mol. The molecule has 0 unspecified atom stereocenters. The molecule has 0 fully saturated rings. The Hall–Kier alpha value is -8.20. The highest BCUT2D eigenvalue weighted by Crippen LogP contribution is 2.59. The molecular weight excluding hydrogens is 763 g/mol. The second-order valence-corrected chi connectivity index (χ2v) is 16.3. The maximum atomic E-state index is 6.92. The number of rotatable bonds is 8. The van der Waals surface area contributed by atoms with E-state index in [9.17, 15) is 0 Å². The summed E-state index contributed by atoms with van der Waals surface area (Å²) in [6.07, 6.45) is 0. The van der Waals surface area contributed by atoms with Crippen LogP contribution in [0.5, 0.6) is 0 Å². The molecule has 0 saturated carbocycles. The summed E-state index contributed by atoms with van der Waals surface area (Å²) < 4.78 is 6.92. The smallest absolute Gasteiger partial charge is 0.143 e. The van der Waals surface area contributed by atoms with E-state index in [1.54, 1.807) is 0 Å². The summed E-state index contributed by atoms with van der Waals surface area (Å²) in [5.74, 6) is 0. The maximum absolute atomic E-state index is 6.92. The first kappa shape index (κ1) is 36.6. The molecular formula is C61H41NO. The average Bonchev–Trinajstić information content (AvgIpc) is 3.90. The van der Waals surface area contributed by atoms with E-state index >= 15 is 0 Å². The molecule has 0 bridgehead atoms. The van der Waals surface area contributed by atoms with Crippen LogP contribution in [-0.4, -0.2) is 0 Å². The van der Waals surface area contributed by atoms with Crippen molar-refractivity contribution < 1.29 is 4.42 Å². The first-order valence-corrected chi connectivity index (χ1v) is 21.7. The quantitative estimate of drug-likeness (QED) is 0.152. The van der Waals surface area contributed by atoms with Crippen molar-refractivity contribution in [2.24, 2.45) is 0 Å². The van der Waals surface area contributed by atoms with Crippen LogP contribution in [0.1, 0.15) is 22.3 Å². The molecule has 0 saturated heterocycles. The van der Waals surface area contributed by atoms with Crippen molar-refractivity contribution in [3.63, 3.8) is 0 Å². The molecule has 2 heteroatoms. The van der Waals surface area contributed by atoms with E-state index in [1.165, 1.54) is 55.6 Å². The molecule has 11 aromatic rings. The van der Waals surface area contributed by atoms with Crippen LogP contribution in [0, 0.1) is 0 Å². The largest absolute Gasteiger partial charge is 0.455 e. The lowest BCUT2D eigenvalue weighted by molar-refractivity contribution is 0.670. The zero-order valence-corrected chi connectivity index (χ0v) is 34.5. The van der Waals surface area contributed by atoms with E-state index in [0.717, 1.165) is 50.1 Å². The lowest BCUT2D eigenvalue weighted by Crippen LogP contribution is -2.28. The second kappa shape index (κ2) is 15.1. The molecule has 0 aliphatic heterocycles. The molecule has 296 valence electrons. The minimum Gasteiger partial charge on any atom is -0.455 e. The third-order valence-corrected chi connectivity index (χ3v) is 13.0. The van der Waals surface area contributed by atoms with Crippen LogP contribution in [0.4, 0.5) is 17.1 Å². The van der Waals surface area contributed by atoms with Crippen molar-refractivity contribution in [3.8, 4) is 44.5 Å². The molecule has 0 amide bonds. The molecule has 12 rings (SSSR count). The predicted molar refractivity (Wildman–Crippen MR) is 262 cm³/mol. The van der Waals surface area contributed by atoms with Gasteiger partial charge < -0.3 is 9.32 Å². The van der Waals surface area contributed by atoms with E-state index in [0.29, 0.717) is 0 Å². The van der Waals surface area contributed by atoms with Gasteiger partial charge >= 0.3 is 0 Å². The van der Waals surface area contributed by atoms with Crippen LogP contribution in [0.15, 0.2) is 253 Å². The number of anilines is 3. The average molecular weight is 804 g/mol. The Morgan fingerprint density at radius 1 is 0.317 bits per heavy atom. The van der Waals surface area contributed by atoms with Gasteiger partial charge in [0.15, 0.2) is 0 Å². The fraction of sp³-hybridized carbons (Fsp3) is 0.0164. The number of benzene rings is 10. The van der Waals surface area contributed by atoms with E-state index in [1.807, 2.05) is 0 Å². The Kier molecular flexibility index (Phi) is 8.76. The van der Waals surface area contributed by atoms with E-state index in [4.69, 9.17) is 4.42 Å². The predicted octanol–water partition coefficient (Wildman–Crippen LogP) is 16.4. The molecule has 0 spiro atoms. The minimum atomic E-state index is -0.474. The van der Waals surface area contributed by atoms with Gasteiger partial charge in [-0.1, -0.05) is 206 Å². The topological polar surface area (TPSA) is 16.4 Å². The summed E-state index contributed by atoms with van der Waals surface area (Å²) in [6.45, 7) is 0. The van der Waals surface area contributed by atoms with E-state index in [2.05, 4.69) is 254 Å². The van der Waals surface area contributed by atoms with Gasteiger partial charge in [-0.05, 0) is 104 Å². The third-order valence-electron chi connectivity index (χ3n) is 13.0. The fourth-order valence-corrected chi connectivity index (χ4v) is 10.3. The van der Waals surface area contributed by atoms with Crippen LogP contribution in [-0.2, 0) is 5.41 Å². The highest BCUT2D eigenvalue weighted by atomic mass is 16.3. The SMILES string of the molecule is c1ccc(-c2ccc(N(c3ccccc3)c3ccc(-c4cccc5c4oc4cccc(-c6cccc7c6-c6ccccc6C7(c6ccccc6)c6ccccc6)c45)cc3)cc2)cc1. The summed E-state index contributed by atoms with van der Waals surface area (Å²) in [4.78, 5) is 2.31. The molecule has 10 aromatic carbocycles. The third kappa shape index (κ3) is 5.87. The molecule has 1 aromatic heterocycles. The molecule has 1 heterocycles. The van der Waals surface area contributed by atoms with Crippen molar-refractivity contribution in [2.45, 2.75) is 5.41 Å². The van der Waals surface area contributed by atoms with Crippen LogP contribution >= 0.6 is 0 Å². The van der Waals surface area contributed by atoms with Gasteiger partial charge in [0.05, 0.1) is 5.41 Å². The van der Waals surface area contributed by atoms with Gasteiger partial charge in [0.1, 0.15) is 11.2 Å². The highest BCUT2D eigenvalue weighted by Gasteiger charge is 2.46. The molecule has 0 N–H and O–H groups in total. The zero-order valence-electron chi connectivity index (χ0n) is 34.5. The molecule has 63 heavy (non-hydrogen) atoms. The van der Waals surface area contributed by atoms with Gasteiger partial charge in [0.25, 0.3) is 0 Å². The van der Waals surface area contributed by atoms with Gasteiger partial charge in [-0.15, -0.1) is 0 Å². The standard InChI is InChI=1S/C61H41NO/c1-5-18-42(19-6-1)43-34-38-48(39-35-43)62(47-24-11-4-12-25-47)49-40-36-44(37-41-49)50-27-15-30-54-59-52(29-17-33-57(59)63-60(50)54)51-28-16-32-56-58(51)53-26-13-14-31-55(53)61(56,45-20-7-2-8-21-45)46-22-9-3-10-23-46/h1-41H. The number of hydrogen-bond acceptors (Lipinski definition) is 2. The van der Waals surface area contributed by atoms with Crippen LogP contribution in [0.2, 0.25) is 0 Å².